The van der Waals surface area contributed by atoms with Gasteiger partial charge in [0.1, 0.15) is 11.5 Å². The van der Waals surface area contributed by atoms with Crippen molar-refractivity contribution in [1.82, 2.24) is 0 Å². The van der Waals surface area contributed by atoms with Crippen LogP contribution in [0.15, 0.2) is 18.2 Å². The first-order chi connectivity index (χ1) is 10.0. The zero-order chi connectivity index (χ0) is 15.5. The predicted octanol–water partition coefficient (Wildman–Crippen LogP) is 2.29. The molecule has 2 N–H and O–H groups in total. The van der Waals surface area contributed by atoms with E-state index >= 15 is 0 Å². The van der Waals surface area contributed by atoms with Gasteiger partial charge in [-0.3, -0.25) is 9.59 Å². The lowest BCUT2D eigenvalue weighted by Gasteiger charge is -2.36. The van der Waals surface area contributed by atoms with Crippen LogP contribution in [-0.2, 0) is 9.59 Å². The van der Waals surface area contributed by atoms with Crippen LogP contribution >= 0.6 is 0 Å². The lowest BCUT2D eigenvalue weighted by Crippen LogP contribution is -2.41. The molecule has 0 bridgehead atoms. The van der Waals surface area contributed by atoms with Crippen molar-refractivity contribution in [2.75, 3.05) is 19.5 Å². The Morgan fingerprint density at radius 3 is 2.48 bits per heavy atom. The number of carboxylic acid groups (broad SMARTS) is 1. The summed E-state index contributed by atoms with van der Waals surface area (Å²) in [6, 6.07) is 5.05. The summed E-state index contributed by atoms with van der Waals surface area (Å²) in [5.74, 6) is -0.144. The third-order valence-corrected chi connectivity index (χ3v) is 3.94. The Bertz CT molecular complexity index is 551. The minimum absolute atomic E-state index is 0.0251. The number of rotatable bonds is 6. The van der Waals surface area contributed by atoms with Crippen LogP contribution in [0, 0.1) is 5.41 Å². The van der Waals surface area contributed by atoms with Crippen molar-refractivity contribution < 1.29 is 24.2 Å². The fourth-order valence-electron chi connectivity index (χ4n) is 2.48. The minimum atomic E-state index is -0.907. The Labute approximate surface area is 123 Å². The first-order valence-corrected chi connectivity index (χ1v) is 6.76. The van der Waals surface area contributed by atoms with Crippen LogP contribution < -0.4 is 14.8 Å². The van der Waals surface area contributed by atoms with E-state index in [0.717, 1.165) is 6.42 Å². The van der Waals surface area contributed by atoms with E-state index in [4.69, 9.17) is 9.47 Å². The molecule has 1 fully saturated rings. The van der Waals surface area contributed by atoms with E-state index in [1.165, 1.54) is 14.2 Å². The highest BCUT2D eigenvalue weighted by Crippen LogP contribution is 2.44. The number of aliphatic carboxylic acids is 1. The number of amides is 1. The van der Waals surface area contributed by atoms with Crippen molar-refractivity contribution in [2.24, 2.45) is 5.41 Å². The normalized spacial score (nSPS) is 15.7. The number of hydrogen-bond acceptors (Lipinski definition) is 4. The number of carbonyl (C=O) groups excluding carboxylic acids is 1. The standard InChI is InChI=1S/C15H19NO5/c1-20-10-4-5-12(21-2)11(8-10)16-13(17)9-15(14(18)19)6-3-7-15/h4-5,8H,3,6-7,9H2,1-2H3,(H,16,17)(H,18,19). The first kappa shape index (κ1) is 15.2. The van der Waals surface area contributed by atoms with Gasteiger partial charge in [0, 0.05) is 12.5 Å². The maximum atomic E-state index is 12.1. The van der Waals surface area contributed by atoms with Gasteiger partial charge in [-0.2, -0.15) is 0 Å². The van der Waals surface area contributed by atoms with E-state index in [0.29, 0.717) is 30.0 Å². The molecule has 0 atom stereocenters. The van der Waals surface area contributed by atoms with Crippen molar-refractivity contribution >= 4 is 17.6 Å². The molecule has 0 radical (unpaired) electrons. The molecule has 0 saturated heterocycles. The topological polar surface area (TPSA) is 84.9 Å². The van der Waals surface area contributed by atoms with Gasteiger partial charge in [0.2, 0.25) is 5.91 Å². The fraction of sp³-hybridized carbons (Fsp3) is 0.467. The van der Waals surface area contributed by atoms with Crippen LogP contribution in [0.2, 0.25) is 0 Å². The van der Waals surface area contributed by atoms with E-state index in [2.05, 4.69) is 5.32 Å². The maximum Gasteiger partial charge on any atom is 0.310 e. The average Bonchev–Trinajstić information content (AvgIpc) is 2.42. The number of hydrogen-bond donors (Lipinski definition) is 2. The van der Waals surface area contributed by atoms with Crippen LogP contribution in [0.25, 0.3) is 0 Å². The lowest BCUT2D eigenvalue weighted by atomic mass is 9.66. The lowest BCUT2D eigenvalue weighted by molar-refractivity contribution is -0.157. The number of anilines is 1. The number of carbonyl (C=O) groups is 2. The third-order valence-electron chi connectivity index (χ3n) is 3.94. The molecular formula is C15H19NO5. The maximum absolute atomic E-state index is 12.1. The zero-order valence-electron chi connectivity index (χ0n) is 12.1. The van der Waals surface area contributed by atoms with Gasteiger partial charge in [-0.05, 0) is 25.0 Å². The molecule has 0 unspecified atom stereocenters. The van der Waals surface area contributed by atoms with Gasteiger partial charge in [-0.15, -0.1) is 0 Å². The van der Waals surface area contributed by atoms with E-state index in [1.807, 2.05) is 0 Å². The van der Waals surface area contributed by atoms with Crippen LogP contribution in [0.5, 0.6) is 11.5 Å². The van der Waals surface area contributed by atoms with E-state index in [1.54, 1.807) is 18.2 Å². The Balaban J connectivity index is 2.10. The number of ether oxygens (including phenoxy) is 2. The van der Waals surface area contributed by atoms with Gasteiger partial charge in [0.15, 0.2) is 0 Å². The van der Waals surface area contributed by atoms with Crippen molar-refractivity contribution in [3.63, 3.8) is 0 Å². The Hall–Kier alpha value is -2.24. The van der Waals surface area contributed by atoms with Crippen molar-refractivity contribution in [3.8, 4) is 11.5 Å². The minimum Gasteiger partial charge on any atom is -0.497 e. The van der Waals surface area contributed by atoms with Gasteiger partial charge < -0.3 is 19.9 Å². The summed E-state index contributed by atoms with van der Waals surface area (Å²) in [5, 5.41) is 12.0. The molecule has 1 saturated carbocycles. The van der Waals surface area contributed by atoms with Gasteiger partial charge in [-0.25, -0.2) is 0 Å². The number of nitrogens with one attached hydrogen (secondary N) is 1. The smallest absolute Gasteiger partial charge is 0.310 e. The third kappa shape index (κ3) is 3.09. The van der Waals surface area contributed by atoms with Crippen molar-refractivity contribution in [2.45, 2.75) is 25.7 Å². The molecule has 0 spiro atoms. The summed E-state index contributed by atoms with van der Waals surface area (Å²) >= 11 is 0. The molecule has 1 aliphatic carbocycles. The van der Waals surface area contributed by atoms with E-state index < -0.39 is 11.4 Å². The Morgan fingerprint density at radius 1 is 1.29 bits per heavy atom. The second-order valence-corrected chi connectivity index (χ2v) is 5.23. The Kier molecular flexibility index (Phi) is 4.35. The Morgan fingerprint density at radius 2 is 2.00 bits per heavy atom. The molecule has 6 nitrogen and oxygen atoms in total. The number of carboxylic acids is 1. The highest BCUT2D eigenvalue weighted by Gasteiger charge is 2.45. The summed E-state index contributed by atoms with van der Waals surface area (Å²) in [7, 11) is 3.03. The second kappa shape index (κ2) is 6.03. The molecule has 2 rings (SSSR count). The van der Waals surface area contributed by atoms with Crippen molar-refractivity contribution in [3.05, 3.63) is 18.2 Å². The van der Waals surface area contributed by atoms with Gasteiger partial charge >= 0.3 is 5.97 Å². The summed E-state index contributed by atoms with van der Waals surface area (Å²) < 4.78 is 10.3. The number of benzene rings is 1. The summed E-state index contributed by atoms with van der Waals surface area (Å²) in [4.78, 5) is 23.4. The monoisotopic (exact) mass is 293 g/mol. The first-order valence-electron chi connectivity index (χ1n) is 6.76. The van der Waals surface area contributed by atoms with Crippen LogP contribution in [-0.4, -0.2) is 31.2 Å². The van der Waals surface area contributed by atoms with E-state index in [9.17, 15) is 14.7 Å². The molecule has 1 aromatic rings. The quantitative estimate of drug-likeness (QED) is 0.840. The molecule has 1 amide bonds. The van der Waals surface area contributed by atoms with Crippen LogP contribution in [0.1, 0.15) is 25.7 Å². The molecule has 0 aromatic heterocycles. The highest BCUT2D eigenvalue weighted by molar-refractivity contribution is 5.95. The average molecular weight is 293 g/mol. The molecular weight excluding hydrogens is 274 g/mol. The van der Waals surface area contributed by atoms with E-state index in [-0.39, 0.29) is 12.3 Å². The molecule has 6 heteroatoms. The van der Waals surface area contributed by atoms with Gasteiger partial charge in [0.05, 0.1) is 25.3 Å². The predicted molar refractivity (Wildman–Crippen MR) is 76.7 cm³/mol. The molecule has 114 valence electrons. The molecule has 0 aliphatic heterocycles. The van der Waals surface area contributed by atoms with Crippen molar-refractivity contribution in [1.29, 1.82) is 0 Å². The molecule has 21 heavy (non-hydrogen) atoms. The SMILES string of the molecule is COc1ccc(OC)c(NC(=O)CC2(C(=O)O)CCC2)c1. The number of methoxy groups -OCH3 is 2. The van der Waals surface area contributed by atoms with Crippen LogP contribution in [0.3, 0.4) is 0 Å². The summed E-state index contributed by atoms with van der Waals surface area (Å²) in [6.07, 6.45) is 1.92. The summed E-state index contributed by atoms with van der Waals surface area (Å²) in [6.45, 7) is 0. The summed E-state index contributed by atoms with van der Waals surface area (Å²) in [5.41, 5.74) is -0.433. The molecule has 0 heterocycles. The highest BCUT2D eigenvalue weighted by atomic mass is 16.5. The molecule has 1 aliphatic rings. The zero-order valence-corrected chi connectivity index (χ0v) is 12.1. The molecule has 1 aromatic carbocycles. The van der Waals surface area contributed by atoms with Gasteiger partial charge in [-0.1, -0.05) is 6.42 Å². The second-order valence-electron chi connectivity index (χ2n) is 5.23. The largest absolute Gasteiger partial charge is 0.497 e. The van der Waals surface area contributed by atoms with Gasteiger partial charge in [0.25, 0.3) is 0 Å². The fourth-order valence-corrected chi connectivity index (χ4v) is 2.48. The van der Waals surface area contributed by atoms with Crippen LogP contribution in [0.4, 0.5) is 5.69 Å².